The Balaban J connectivity index is 2.09. The molecular formula is C30H37N3O7S. The molecule has 0 fully saturated rings. The highest BCUT2D eigenvalue weighted by molar-refractivity contribution is 7.92. The summed E-state index contributed by atoms with van der Waals surface area (Å²) in [7, 11) is 1.64. The monoisotopic (exact) mass is 583 g/mol. The van der Waals surface area contributed by atoms with Gasteiger partial charge in [-0.1, -0.05) is 36.8 Å². The van der Waals surface area contributed by atoms with Gasteiger partial charge in [-0.15, -0.1) is 0 Å². The molecule has 3 rings (SSSR count). The molecule has 0 aliphatic carbocycles. The fourth-order valence-electron chi connectivity index (χ4n) is 4.40. The number of methoxy groups -OCH3 is 3. The van der Waals surface area contributed by atoms with Crippen LogP contribution in [0, 0.1) is 6.92 Å². The predicted octanol–water partition coefficient (Wildman–Crippen LogP) is 3.77. The van der Waals surface area contributed by atoms with Gasteiger partial charge in [-0.25, -0.2) is 8.42 Å². The minimum atomic E-state index is -4.27. The molecule has 220 valence electrons. The highest BCUT2D eigenvalue weighted by Gasteiger charge is 2.34. The van der Waals surface area contributed by atoms with Gasteiger partial charge in [0.1, 0.15) is 18.3 Å². The molecule has 0 aliphatic rings. The molecule has 0 unspecified atom stereocenters. The van der Waals surface area contributed by atoms with Crippen molar-refractivity contribution in [2.45, 2.75) is 37.8 Å². The number of likely N-dealkylation sites (N-methyl/N-ethyl adjacent to an activating group) is 1. The van der Waals surface area contributed by atoms with Crippen LogP contribution in [0.15, 0.2) is 71.6 Å². The fourth-order valence-corrected chi connectivity index (χ4v) is 5.83. The quantitative estimate of drug-likeness (QED) is 0.326. The molecule has 1 atom stereocenters. The van der Waals surface area contributed by atoms with E-state index in [1.54, 1.807) is 56.5 Å². The van der Waals surface area contributed by atoms with Crippen LogP contribution in [0.1, 0.15) is 24.5 Å². The molecule has 0 spiro atoms. The normalized spacial score (nSPS) is 11.8. The Kier molecular flexibility index (Phi) is 10.6. The average molecular weight is 584 g/mol. The molecule has 0 heterocycles. The number of ether oxygens (including phenoxy) is 3. The first-order valence-corrected chi connectivity index (χ1v) is 14.5. The fraction of sp³-hybridized carbons (Fsp3) is 0.333. The molecule has 41 heavy (non-hydrogen) atoms. The van der Waals surface area contributed by atoms with Gasteiger partial charge in [0.05, 0.1) is 31.9 Å². The van der Waals surface area contributed by atoms with Crippen LogP contribution >= 0.6 is 0 Å². The molecular weight excluding hydrogens is 546 g/mol. The molecule has 10 nitrogen and oxygen atoms in total. The van der Waals surface area contributed by atoms with Crippen LogP contribution in [0.4, 0.5) is 5.69 Å². The van der Waals surface area contributed by atoms with Crippen LogP contribution in [0.2, 0.25) is 0 Å². The molecule has 0 saturated carbocycles. The summed E-state index contributed by atoms with van der Waals surface area (Å²) < 4.78 is 45.1. The highest BCUT2D eigenvalue weighted by Crippen LogP contribution is 2.32. The average Bonchev–Trinajstić information content (AvgIpc) is 2.99. The topological polar surface area (TPSA) is 114 Å². The Hall–Kier alpha value is -4.25. The third kappa shape index (κ3) is 7.29. The summed E-state index contributed by atoms with van der Waals surface area (Å²) >= 11 is 0. The second kappa shape index (κ2) is 13.9. The molecule has 0 aromatic heterocycles. The van der Waals surface area contributed by atoms with Crippen molar-refractivity contribution in [2.75, 3.05) is 39.2 Å². The van der Waals surface area contributed by atoms with Gasteiger partial charge in [0.2, 0.25) is 11.8 Å². The molecule has 2 amide bonds. The predicted molar refractivity (Wildman–Crippen MR) is 157 cm³/mol. The van der Waals surface area contributed by atoms with E-state index < -0.39 is 28.5 Å². The van der Waals surface area contributed by atoms with Gasteiger partial charge in [-0.2, -0.15) is 0 Å². The van der Waals surface area contributed by atoms with Gasteiger partial charge < -0.3 is 24.4 Å². The van der Waals surface area contributed by atoms with Gasteiger partial charge in [0.25, 0.3) is 10.0 Å². The summed E-state index contributed by atoms with van der Waals surface area (Å²) in [5, 5.41) is 2.62. The van der Waals surface area contributed by atoms with Crippen molar-refractivity contribution in [3.8, 4) is 17.2 Å². The van der Waals surface area contributed by atoms with Crippen molar-refractivity contribution < 1.29 is 32.2 Å². The maximum Gasteiger partial charge on any atom is 0.264 e. The number of hydrogen-bond donors (Lipinski definition) is 1. The van der Waals surface area contributed by atoms with Crippen molar-refractivity contribution >= 4 is 27.5 Å². The van der Waals surface area contributed by atoms with E-state index in [1.165, 1.54) is 44.4 Å². The second-order valence-corrected chi connectivity index (χ2v) is 11.1. The Labute approximate surface area is 241 Å². The summed E-state index contributed by atoms with van der Waals surface area (Å²) in [6, 6.07) is 17.4. The number of nitrogens with zero attached hydrogens (tertiary/aromatic N) is 2. The smallest absolute Gasteiger partial charge is 0.264 e. The van der Waals surface area contributed by atoms with Crippen LogP contribution in [0.5, 0.6) is 17.2 Å². The van der Waals surface area contributed by atoms with Gasteiger partial charge in [0, 0.05) is 19.7 Å². The van der Waals surface area contributed by atoms with Gasteiger partial charge in [0.15, 0.2) is 11.5 Å². The van der Waals surface area contributed by atoms with E-state index in [9.17, 15) is 18.0 Å². The minimum absolute atomic E-state index is 0.0695. The lowest BCUT2D eigenvalue weighted by atomic mass is 10.1. The first kappa shape index (κ1) is 31.3. The molecule has 0 aliphatic heterocycles. The molecule has 0 bridgehead atoms. The van der Waals surface area contributed by atoms with Crippen molar-refractivity contribution in [2.24, 2.45) is 0 Å². The first-order valence-electron chi connectivity index (χ1n) is 13.0. The number of hydrogen-bond acceptors (Lipinski definition) is 7. The zero-order chi connectivity index (χ0) is 30.2. The molecule has 11 heteroatoms. The Morgan fingerprint density at radius 1 is 0.902 bits per heavy atom. The van der Waals surface area contributed by atoms with E-state index >= 15 is 0 Å². The van der Waals surface area contributed by atoms with Crippen LogP contribution in [0.25, 0.3) is 0 Å². The summed E-state index contributed by atoms with van der Waals surface area (Å²) in [6.07, 6.45) is 0.322. The summed E-state index contributed by atoms with van der Waals surface area (Å²) in [5.74, 6) is 0.292. The number of rotatable bonds is 13. The molecule has 1 N–H and O–H groups in total. The molecule has 3 aromatic rings. The molecule has 0 radical (unpaired) electrons. The Morgan fingerprint density at radius 2 is 1.59 bits per heavy atom. The zero-order valence-corrected chi connectivity index (χ0v) is 25.0. The SMILES string of the molecule is CC[C@H](C(=O)NC)N(Cc1cccc(OC)c1)C(=O)CN(c1ccc(C)cc1)S(=O)(=O)c1ccc(OC)c(OC)c1. The number of carbonyl (C=O) groups is 2. The van der Waals surface area contributed by atoms with E-state index in [1.807, 2.05) is 13.0 Å². The summed E-state index contributed by atoms with van der Waals surface area (Å²) in [6.45, 7) is 3.20. The lowest BCUT2D eigenvalue weighted by Gasteiger charge is -2.33. The van der Waals surface area contributed by atoms with Gasteiger partial charge >= 0.3 is 0 Å². The lowest BCUT2D eigenvalue weighted by molar-refractivity contribution is -0.140. The van der Waals surface area contributed by atoms with E-state index in [0.717, 1.165) is 15.4 Å². The van der Waals surface area contributed by atoms with Crippen LogP contribution in [0.3, 0.4) is 0 Å². The number of benzene rings is 3. The van der Waals surface area contributed by atoms with E-state index in [2.05, 4.69) is 5.32 Å². The van der Waals surface area contributed by atoms with Gasteiger partial charge in [-0.3, -0.25) is 13.9 Å². The van der Waals surface area contributed by atoms with Crippen molar-refractivity contribution in [3.05, 3.63) is 77.9 Å². The second-order valence-electron chi connectivity index (χ2n) is 9.28. The third-order valence-corrected chi connectivity index (χ3v) is 8.43. The minimum Gasteiger partial charge on any atom is -0.497 e. The number of anilines is 1. The lowest BCUT2D eigenvalue weighted by Crippen LogP contribution is -2.51. The maximum atomic E-state index is 14.1. The largest absolute Gasteiger partial charge is 0.497 e. The zero-order valence-electron chi connectivity index (χ0n) is 24.2. The Morgan fingerprint density at radius 3 is 2.17 bits per heavy atom. The van der Waals surface area contributed by atoms with Gasteiger partial charge in [-0.05, 0) is 55.3 Å². The summed E-state index contributed by atoms with van der Waals surface area (Å²) in [4.78, 5) is 28.2. The van der Waals surface area contributed by atoms with Crippen molar-refractivity contribution in [1.29, 1.82) is 0 Å². The number of carbonyl (C=O) groups excluding carboxylic acids is 2. The third-order valence-electron chi connectivity index (χ3n) is 6.66. The maximum absolute atomic E-state index is 14.1. The summed E-state index contributed by atoms with van der Waals surface area (Å²) in [5.41, 5.74) is 1.95. The number of sulfonamides is 1. The van der Waals surface area contributed by atoms with Crippen molar-refractivity contribution in [3.63, 3.8) is 0 Å². The van der Waals surface area contributed by atoms with Crippen LogP contribution in [-0.4, -0.2) is 66.1 Å². The van der Waals surface area contributed by atoms with E-state index in [4.69, 9.17) is 14.2 Å². The Bertz CT molecular complexity index is 1460. The van der Waals surface area contributed by atoms with E-state index in [0.29, 0.717) is 23.6 Å². The van der Waals surface area contributed by atoms with Crippen molar-refractivity contribution in [1.82, 2.24) is 10.2 Å². The first-order chi connectivity index (χ1) is 19.6. The number of aryl methyl sites for hydroxylation is 1. The molecule has 0 saturated heterocycles. The number of nitrogens with one attached hydrogen (secondary N) is 1. The van der Waals surface area contributed by atoms with Crippen LogP contribution < -0.4 is 23.8 Å². The highest BCUT2D eigenvalue weighted by atomic mass is 32.2. The number of amides is 2. The standard InChI is InChI=1S/C30H37N3O7S/c1-7-26(30(35)31-3)32(19-22-9-8-10-24(17-22)38-4)29(34)20-33(23-13-11-21(2)12-14-23)41(36,37)25-15-16-27(39-5)28(18-25)40-6/h8-18,26H,7,19-20H2,1-6H3,(H,31,35)/t26-/m1/s1. The van der Waals surface area contributed by atoms with E-state index in [-0.39, 0.29) is 23.1 Å². The molecule has 3 aromatic carbocycles. The van der Waals surface area contributed by atoms with Crippen LogP contribution in [-0.2, 0) is 26.2 Å².